The number of likely N-dealkylation sites (N-methyl/N-ethyl adjacent to an activating group) is 1. The Morgan fingerprint density at radius 2 is 1.00 bits per heavy atom. The summed E-state index contributed by atoms with van der Waals surface area (Å²) in [6, 6.07) is -6.76. The predicted molar refractivity (Wildman–Crippen MR) is 480 cm³/mol. The van der Waals surface area contributed by atoms with E-state index in [4.69, 9.17) is 5.73 Å². The molecule has 6 heterocycles. The van der Waals surface area contributed by atoms with Gasteiger partial charge in [0.25, 0.3) is 0 Å². The topological polar surface area (TPSA) is 663 Å². The van der Waals surface area contributed by atoms with Crippen LogP contribution in [0.25, 0.3) is 21.8 Å². The lowest BCUT2D eigenvalue weighted by Gasteiger charge is -2.32. The molecule has 0 aliphatic carbocycles. The van der Waals surface area contributed by atoms with Crippen LogP contribution in [-0.4, -0.2) is 359 Å². The first kappa shape index (κ1) is 105. The number of carboxylic acids is 2. The number of rotatable bonds is 18. The molecule has 14 amide bonds. The fraction of sp³-hybridized carbons (Fsp3) is 0.595. The number of sulfonamides is 3. The second-order valence-corrected chi connectivity index (χ2v) is 42.0. The van der Waals surface area contributed by atoms with E-state index in [2.05, 4.69) is 79.1 Å². The summed E-state index contributed by atoms with van der Waals surface area (Å²) >= 11 is 2.29. The highest BCUT2D eigenvalue weighted by Crippen LogP contribution is 2.26. The zero-order valence-electron chi connectivity index (χ0n) is 72.8. The Morgan fingerprint density at radius 3 is 1.51 bits per heavy atom. The van der Waals surface area contributed by atoms with Gasteiger partial charge in [-0.1, -0.05) is 64.1 Å². The summed E-state index contributed by atoms with van der Waals surface area (Å²) in [5.41, 5.74) is 7.88. The maximum absolute atomic E-state index is 15.4. The number of aromatic amines is 2. The van der Waals surface area contributed by atoms with Crippen LogP contribution >= 0.6 is 35.3 Å². The van der Waals surface area contributed by atoms with Gasteiger partial charge < -0.3 is 105 Å². The zero-order chi connectivity index (χ0) is 95.6. The number of nitrogens with one attached hydrogen (secondary N) is 15. The van der Waals surface area contributed by atoms with Gasteiger partial charge in [-0.25, -0.2) is 25.3 Å². The highest BCUT2D eigenvalue weighted by molar-refractivity contribution is 8.01. The fourth-order valence-electron chi connectivity index (χ4n) is 14.6. The summed E-state index contributed by atoms with van der Waals surface area (Å²) in [5, 5.41) is 64.8. The molecule has 0 saturated carbocycles. The maximum Gasteiger partial charge on any atom is 0.305 e. The highest BCUT2D eigenvalue weighted by Gasteiger charge is 2.44. The van der Waals surface area contributed by atoms with Crippen molar-refractivity contribution in [2.24, 2.45) is 17.6 Å². The highest BCUT2D eigenvalue weighted by atomic mass is 32.2. The van der Waals surface area contributed by atoms with Crippen LogP contribution in [0.2, 0.25) is 0 Å². The average molecular weight is 1940 g/mol. The summed E-state index contributed by atoms with van der Waals surface area (Å²) in [7, 11) is -12.4. The molecule has 4 bridgehead atoms. The Bertz CT molecular complexity index is 5140. The number of thioether (sulfide) groups is 3. The molecule has 0 spiro atoms. The lowest BCUT2D eigenvalue weighted by atomic mass is 9.99. The average Bonchev–Trinajstić information content (AvgIpc) is 1.72. The number of H-pyrrole nitrogens is 2. The van der Waals surface area contributed by atoms with Gasteiger partial charge >= 0.3 is 11.9 Å². The smallest absolute Gasteiger partial charge is 0.305 e. The first-order valence-corrected chi connectivity index (χ1v) is 50.4. The van der Waals surface area contributed by atoms with E-state index in [0.29, 0.717) is 44.7 Å². The summed E-state index contributed by atoms with van der Waals surface area (Å²) in [4.78, 5) is 234. The molecule has 2 aromatic heterocycles. The Kier molecular flexibility index (Phi) is 39.4. The number of aliphatic carboxylic acids is 2. The third kappa shape index (κ3) is 30.4. The van der Waals surface area contributed by atoms with Crippen molar-refractivity contribution in [2.75, 3.05) is 118 Å². The number of carboxylic acid groups (broad SMARTS) is 2. The number of benzene rings is 2. The van der Waals surface area contributed by atoms with Crippen molar-refractivity contribution in [3.8, 4) is 0 Å². The molecule has 718 valence electrons. The summed E-state index contributed by atoms with van der Waals surface area (Å²) in [5.74, 6) is -24.9. The summed E-state index contributed by atoms with van der Waals surface area (Å²) in [6.07, 6.45) is -1.98. The number of hydrogen-bond donors (Lipinski definition) is 19. The van der Waals surface area contributed by atoms with Crippen molar-refractivity contribution in [2.45, 2.75) is 165 Å². The molecule has 4 aromatic rings. The Morgan fingerprint density at radius 1 is 0.523 bits per heavy atom. The molecule has 51 heteroatoms. The van der Waals surface area contributed by atoms with Crippen molar-refractivity contribution >= 4 is 182 Å². The molecule has 0 radical (unpaired) electrons. The molecule has 4 aliphatic rings. The van der Waals surface area contributed by atoms with E-state index in [-0.39, 0.29) is 49.6 Å². The van der Waals surface area contributed by atoms with E-state index in [1.54, 1.807) is 68.6 Å². The molecular weight excluding hydrogens is 1820 g/mol. The fourth-order valence-corrected chi connectivity index (χ4v) is 23.4. The van der Waals surface area contributed by atoms with Gasteiger partial charge in [0, 0.05) is 134 Å². The van der Waals surface area contributed by atoms with Crippen LogP contribution in [-0.2, 0) is 120 Å². The van der Waals surface area contributed by atoms with Gasteiger partial charge in [0.15, 0.2) is 0 Å². The second kappa shape index (κ2) is 48.8. The van der Waals surface area contributed by atoms with Crippen LogP contribution in [0.15, 0.2) is 60.9 Å². The summed E-state index contributed by atoms with van der Waals surface area (Å²) in [6.45, 7) is 3.64. The van der Waals surface area contributed by atoms with Crippen LogP contribution in [0, 0.1) is 11.8 Å². The third-order valence-electron chi connectivity index (χ3n) is 21.9. The Hall–Kier alpha value is -10.3. The van der Waals surface area contributed by atoms with Gasteiger partial charge in [0.2, 0.25) is 113 Å². The van der Waals surface area contributed by atoms with Crippen LogP contribution in [0.1, 0.15) is 84.8 Å². The van der Waals surface area contributed by atoms with E-state index >= 15 is 14.4 Å². The minimum atomic E-state index is -4.67. The van der Waals surface area contributed by atoms with Gasteiger partial charge in [0.1, 0.15) is 72.5 Å². The van der Waals surface area contributed by atoms with E-state index < -0.39 is 321 Å². The molecule has 4 saturated heterocycles. The van der Waals surface area contributed by atoms with Crippen molar-refractivity contribution < 1.29 is 117 Å². The number of para-hydroxylation sites is 2. The number of hydrogen-bond acceptors (Lipinski definition) is 27. The largest absolute Gasteiger partial charge is 0.481 e. The van der Waals surface area contributed by atoms with Gasteiger partial charge in [-0.3, -0.25) is 76.7 Å². The van der Waals surface area contributed by atoms with Crippen LogP contribution in [0.4, 0.5) is 0 Å². The van der Waals surface area contributed by atoms with E-state index in [1.165, 1.54) is 38.9 Å². The van der Waals surface area contributed by atoms with E-state index in [9.17, 15) is 103 Å². The van der Waals surface area contributed by atoms with Gasteiger partial charge in [-0.05, 0) is 75.3 Å². The maximum atomic E-state index is 15.4. The first-order chi connectivity index (χ1) is 61.4. The van der Waals surface area contributed by atoms with Crippen molar-refractivity contribution in [1.29, 1.82) is 0 Å². The van der Waals surface area contributed by atoms with Crippen LogP contribution in [0.3, 0.4) is 0 Å². The molecule has 130 heavy (non-hydrogen) atoms. The minimum absolute atomic E-state index is 0.0177. The lowest BCUT2D eigenvalue weighted by Crippen LogP contribution is -2.62. The quantitative estimate of drug-likeness (QED) is 0.0441. The molecule has 3 unspecified atom stereocenters. The van der Waals surface area contributed by atoms with Crippen LogP contribution < -0.4 is 74.9 Å². The van der Waals surface area contributed by atoms with E-state index in [0.717, 1.165) is 43.4 Å². The number of carbonyl (C=O) groups is 16. The van der Waals surface area contributed by atoms with E-state index in [1.807, 2.05) is 0 Å². The number of amides is 14. The molecule has 2 aromatic carbocycles. The first-order valence-electron chi connectivity index (χ1n) is 42.1. The van der Waals surface area contributed by atoms with Crippen molar-refractivity contribution in [1.82, 2.24) is 96.9 Å². The standard InChI is InChI=1S/C79H116N20O25S6/c1-43(2)65-77(116)89-56(35-64(105)106)70(109)84-39-62(102)86-54(33-47-36-82-51-15-10-8-13-49(47)51)72(111)94-66(44(3)4)79(118)99-20-12-17-60(99)76(115)90-57(68(80)107)40-125-27-30-128(119,120)96-21-23-97-25-26-98(24-22-96)130(123,124)32-29-127-42-59(91-69(108)45(5)85-61(101)38-81-7)75(114)95-67(46(6)100)78(117)87-53(18-19-63(103)104)71(110)92-58(41-126-28-31-129(97,121)122)74(113)88-55(73(112)93-65)34-48-37-83-52-16-11-9-14-50(48)52/h8-11,13-16,36-37,43-46,53-60,65-67,81-83,100H,12,17-35,38-42H2,1-7H3,(H2,80,107)(H,84,109)(H,85,101)(H,86,102)(H,87,117)(H,88,113)(H,89,116)(H,90,115)(H,91,108)(H,92,110)(H,93,112)(H,94,111)(H,95,114)(H,103,104)(H,105,106)/t45-,46+,53-,54-,55-,56-,57-,58-,59-,60-,65-,66-,67-/m0/s1. The molecule has 4 aliphatic heterocycles. The number of aliphatic hydroxyl groups is 1. The third-order valence-corrected chi connectivity index (χ3v) is 31.5. The minimum Gasteiger partial charge on any atom is -0.481 e. The predicted octanol–water partition coefficient (Wildman–Crippen LogP) is -6.23. The van der Waals surface area contributed by atoms with Crippen molar-refractivity contribution in [3.63, 3.8) is 0 Å². The zero-order valence-corrected chi connectivity index (χ0v) is 77.6. The molecule has 45 nitrogen and oxygen atoms in total. The molecule has 8 rings (SSSR count). The number of nitrogens with two attached hydrogens (primary N) is 1. The lowest BCUT2D eigenvalue weighted by molar-refractivity contribution is -0.143. The monoisotopic (exact) mass is 1940 g/mol. The molecule has 16 atom stereocenters. The van der Waals surface area contributed by atoms with Crippen molar-refractivity contribution in [3.05, 3.63) is 72.1 Å². The molecular formula is C79H116N20O25S6. The van der Waals surface area contributed by atoms with Gasteiger partial charge in [-0.2, -0.15) is 48.2 Å². The number of carbonyl (C=O) groups excluding carboxylic acids is 14. The Labute approximate surface area is 763 Å². The number of fused-ring (bicyclic) bond motifs is 12. The molecule has 20 N–H and O–H groups in total. The normalized spacial score (nSPS) is 27.3. The SMILES string of the molecule is CNCC(=O)N[C@@H](C)C(=O)N[C@H]1CSCCS(=O)(=O)N2CCN3CCN(CC2)S(=O)(=O)CCSC[C@H](NC(=O)[C@H](CCC(=O)O)NC(=O)[C@H]([C@@H](C)O)NC1=O)C(=O)N[C@@H](Cc1c[nH]c2ccccc12)C(=O)N[C@@H](C(C)C)C(=O)N[C@@H](CC(=O)O)C(=O)NCC(=O)N[C@@H](Cc1c[nH]c2ccccc12)C(=O)N[C@@H](C(C)C)C(=O)N1CCC[C@H]1C(=O)N[C@H](C(N)=O)CSCCS3(=O)=O. The number of aliphatic hydroxyl groups excluding tert-OH is 1. The Balaban J connectivity index is 1.21. The van der Waals surface area contributed by atoms with Crippen LogP contribution in [0.5, 0.6) is 0 Å². The van der Waals surface area contributed by atoms with Gasteiger partial charge in [0.05, 0.1) is 42.9 Å². The van der Waals surface area contributed by atoms with Gasteiger partial charge in [-0.15, -0.1) is 0 Å². The number of primary amides is 1. The molecule has 4 fully saturated rings. The summed E-state index contributed by atoms with van der Waals surface area (Å²) < 4.78 is 91.3. The second-order valence-electron chi connectivity index (χ2n) is 32.3. The number of nitrogens with zero attached hydrogens (tertiary/aromatic N) is 4. The number of aromatic nitrogens is 2.